The molecule has 0 spiro atoms. The van der Waals surface area contributed by atoms with Crippen LogP contribution in [-0.4, -0.2) is 44.1 Å². The zero-order valence-corrected chi connectivity index (χ0v) is 13.5. The third-order valence-electron chi connectivity index (χ3n) is 5.16. The van der Waals surface area contributed by atoms with E-state index in [0.29, 0.717) is 31.2 Å². The lowest BCUT2D eigenvalue weighted by Gasteiger charge is -2.31. The molecule has 0 radical (unpaired) electrons. The van der Waals surface area contributed by atoms with Gasteiger partial charge in [-0.3, -0.25) is 4.79 Å². The molecule has 1 unspecified atom stereocenters. The SMILES string of the molecule is CC1(C(=O)O)CCCN1C(=O)CCc1nc(C2CCCC2)no1. The number of carbonyl (C=O) groups is 2. The summed E-state index contributed by atoms with van der Waals surface area (Å²) in [7, 11) is 0. The van der Waals surface area contributed by atoms with E-state index in [1.54, 1.807) is 6.92 Å². The molecule has 1 saturated heterocycles. The number of aliphatic carboxylic acids is 1. The van der Waals surface area contributed by atoms with Gasteiger partial charge in [-0.05, 0) is 32.6 Å². The lowest BCUT2D eigenvalue weighted by atomic mass is 9.99. The Morgan fingerprint density at radius 3 is 2.78 bits per heavy atom. The predicted octanol–water partition coefficient (Wildman–Crippen LogP) is 2.13. The van der Waals surface area contributed by atoms with E-state index in [1.165, 1.54) is 17.7 Å². The number of likely N-dealkylation sites (tertiary alicyclic amines) is 1. The van der Waals surface area contributed by atoms with Crippen LogP contribution in [0.15, 0.2) is 4.52 Å². The van der Waals surface area contributed by atoms with Gasteiger partial charge in [0, 0.05) is 25.3 Å². The first-order valence-corrected chi connectivity index (χ1v) is 8.37. The normalized spacial score (nSPS) is 25.2. The van der Waals surface area contributed by atoms with Crippen molar-refractivity contribution in [2.24, 2.45) is 0 Å². The second-order valence-corrected chi connectivity index (χ2v) is 6.76. The molecule has 23 heavy (non-hydrogen) atoms. The molecule has 1 aliphatic carbocycles. The number of carbonyl (C=O) groups excluding carboxylic acids is 1. The largest absolute Gasteiger partial charge is 0.480 e. The Kier molecular flexibility index (Phi) is 4.37. The molecular formula is C16H23N3O4. The summed E-state index contributed by atoms with van der Waals surface area (Å²) >= 11 is 0. The van der Waals surface area contributed by atoms with E-state index in [1.807, 2.05) is 0 Å². The number of hydrogen-bond donors (Lipinski definition) is 1. The van der Waals surface area contributed by atoms with Gasteiger partial charge in [-0.25, -0.2) is 4.79 Å². The topological polar surface area (TPSA) is 96.5 Å². The molecular weight excluding hydrogens is 298 g/mol. The minimum absolute atomic E-state index is 0.159. The summed E-state index contributed by atoms with van der Waals surface area (Å²) in [5.74, 6) is 0.507. The van der Waals surface area contributed by atoms with Gasteiger partial charge in [-0.2, -0.15) is 4.98 Å². The molecule has 2 fully saturated rings. The van der Waals surface area contributed by atoms with Gasteiger partial charge in [-0.1, -0.05) is 18.0 Å². The third kappa shape index (κ3) is 3.09. The summed E-state index contributed by atoms with van der Waals surface area (Å²) in [5.41, 5.74) is -1.08. The average molecular weight is 321 g/mol. The lowest BCUT2D eigenvalue weighted by molar-refractivity contribution is -0.155. The van der Waals surface area contributed by atoms with Crippen LogP contribution in [0.2, 0.25) is 0 Å². The molecule has 2 aliphatic rings. The summed E-state index contributed by atoms with van der Waals surface area (Å²) in [4.78, 5) is 29.7. The molecule has 0 bridgehead atoms. The lowest BCUT2D eigenvalue weighted by Crippen LogP contribution is -2.50. The first kappa shape index (κ1) is 16.0. The number of aryl methyl sites for hydroxylation is 1. The summed E-state index contributed by atoms with van der Waals surface area (Å²) in [6, 6.07) is 0. The minimum atomic E-state index is -1.08. The molecule has 1 atom stereocenters. The number of amides is 1. The Morgan fingerprint density at radius 1 is 1.35 bits per heavy atom. The van der Waals surface area contributed by atoms with Crippen molar-refractivity contribution < 1.29 is 19.2 Å². The Labute approximate surface area is 135 Å². The molecule has 7 heteroatoms. The number of rotatable bonds is 5. The van der Waals surface area contributed by atoms with Crippen LogP contribution < -0.4 is 0 Å². The molecule has 1 saturated carbocycles. The van der Waals surface area contributed by atoms with Crippen molar-refractivity contribution in [2.75, 3.05) is 6.54 Å². The highest BCUT2D eigenvalue weighted by Crippen LogP contribution is 2.32. The summed E-state index contributed by atoms with van der Waals surface area (Å²) in [6.45, 7) is 2.12. The van der Waals surface area contributed by atoms with E-state index < -0.39 is 11.5 Å². The van der Waals surface area contributed by atoms with Crippen LogP contribution in [0.1, 0.15) is 69.5 Å². The zero-order chi connectivity index (χ0) is 16.4. The van der Waals surface area contributed by atoms with Crippen LogP contribution in [0, 0.1) is 0 Å². The number of nitrogens with zero attached hydrogens (tertiary/aromatic N) is 3. The molecule has 126 valence electrons. The van der Waals surface area contributed by atoms with E-state index in [9.17, 15) is 14.7 Å². The summed E-state index contributed by atoms with van der Waals surface area (Å²) in [5, 5.41) is 13.4. The van der Waals surface area contributed by atoms with Crippen molar-refractivity contribution in [2.45, 2.75) is 69.7 Å². The third-order valence-corrected chi connectivity index (χ3v) is 5.16. The first-order chi connectivity index (χ1) is 11.0. The van der Waals surface area contributed by atoms with Crippen molar-refractivity contribution in [3.8, 4) is 0 Å². The molecule has 1 aromatic rings. The number of carboxylic acid groups (broad SMARTS) is 1. The van der Waals surface area contributed by atoms with Crippen molar-refractivity contribution >= 4 is 11.9 Å². The highest BCUT2D eigenvalue weighted by atomic mass is 16.5. The number of carboxylic acids is 1. The fraction of sp³-hybridized carbons (Fsp3) is 0.750. The van der Waals surface area contributed by atoms with Gasteiger partial charge in [0.2, 0.25) is 11.8 Å². The maximum Gasteiger partial charge on any atom is 0.329 e. The highest BCUT2D eigenvalue weighted by molar-refractivity contribution is 5.87. The van der Waals surface area contributed by atoms with Crippen LogP contribution in [0.5, 0.6) is 0 Å². The summed E-state index contributed by atoms with van der Waals surface area (Å²) < 4.78 is 5.24. The zero-order valence-electron chi connectivity index (χ0n) is 13.5. The molecule has 2 heterocycles. The molecule has 1 aromatic heterocycles. The van der Waals surface area contributed by atoms with E-state index in [2.05, 4.69) is 10.1 Å². The van der Waals surface area contributed by atoms with Crippen LogP contribution in [0.3, 0.4) is 0 Å². The fourth-order valence-electron chi connectivity index (χ4n) is 3.65. The molecule has 0 aromatic carbocycles. The number of aromatic nitrogens is 2. The van der Waals surface area contributed by atoms with E-state index in [0.717, 1.165) is 25.1 Å². The highest BCUT2D eigenvalue weighted by Gasteiger charge is 2.45. The van der Waals surface area contributed by atoms with Crippen molar-refractivity contribution in [1.82, 2.24) is 15.0 Å². The molecule has 1 amide bonds. The minimum Gasteiger partial charge on any atom is -0.480 e. The maximum atomic E-state index is 12.4. The van der Waals surface area contributed by atoms with Gasteiger partial charge >= 0.3 is 5.97 Å². The van der Waals surface area contributed by atoms with E-state index in [-0.39, 0.29) is 12.3 Å². The average Bonchev–Trinajstić information content (AvgIpc) is 3.25. The van der Waals surface area contributed by atoms with Crippen LogP contribution >= 0.6 is 0 Å². The summed E-state index contributed by atoms with van der Waals surface area (Å²) in [6.07, 6.45) is 6.40. The van der Waals surface area contributed by atoms with E-state index >= 15 is 0 Å². The van der Waals surface area contributed by atoms with Crippen molar-refractivity contribution in [3.63, 3.8) is 0 Å². The number of hydrogen-bond acceptors (Lipinski definition) is 5. The van der Waals surface area contributed by atoms with Gasteiger partial charge in [-0.15, -0.1) is 0 Å². The van der Waals surface area contributed by atoms with Gasteiger partial charge < -0.3 is 14.5 Å². The Bertz CT molecular complexity index is 594. The van der Waals surface area contributed by atoms with Gasteiger partial charge in [0.05, 0.1) is 0 Å². The smallest absolute Gasteiger partial charge is 0.329 e. The first-order valence-electron chi connectivity index (χ1n) is 8.37. The second-order valence-electron chi connectivity index (χ2n) is 6.76. The quantitative estimate of drug-likeness (QED) is 0.892. The van der Waals surface area contributed by atoms with Gasteiger partial charge in [0.1, 0.15) is 5.54 Å². The molecule has 3 rings (SSSR count). The fourth-order valence-corrected chi connectivity index (χ4v) is 3.65. The predicted molar refractivity (Wildman–Crippen MR) is 80.8 cm³/mol. The second kappa shape index (κ2) is 6.29. The maximum absolute atomic E-state index is 12.4. The molecule has 7 nitrogen and oxygen atoms in total. The van der Waals surface area contributed by atoms with Crippen molar-refractivity contribution in [3.05, 3.63) is 11.7 Å². The van der Waals surface area contributed by atoms with Crippen LogP contribution in [-0.2, 0) is 16.0 Å². The Hall–Kier alpha value is -1.92. The van der Waals surface area contributed by atoms with Gasteiger partial charge in [0.25, 0.3) is 0 Å². The van der Waals surface area contributed by atoms with Gasteiger partial charge in [0.15, 0.2) is 5.82 Å². The van der Waals surface area contributed by atoms with Crippen LogP contribution in [0.4, 0.5) is 0 Å². The molecule has 1 N–H and O–H groups in total. The Balaban J connectivity index is 1.57. The van der Waals surface area contributed by atoms with Crippen LogP contribution in [0.25, 0.3) is 0 Å². The van der Waals surface area contributed by atoms with E-state index in [4.69, 9.17) is 4.52 Å². The Morgan fingerprint density at radius 2 is 2.09 bits per heavy atom. The molecule has 1 aliphatic heterocycles. The standard InChI is InChI=1S/C16H23N3O4/c1-16(15(21)22)9-4-10-19(16)13(20)8-7-12-17-14(18-23-12)11-5-2-3-6-11/h11H,2-10H2,1H3,(H,21,22). The van der Waals surface area contributed by atoms with Crippen molar-refractivity contribution in [1.29, 1.82) is 0 Å². The monoisotopic (exact) mass is 321 g/mol.